The largest absolute Gasteiger partial charge is 0.465 e. The van der Waals surface area contributed by atoms with Gasteiger partial charge >= 0.3 is 6.09 Å². The van der Waals surface area contributed by atoms with Gasteiger partial charge in [0.25, 0.3) is 0 Å². The van der Waals surface area contributed by atoms with Crippen molar-refractivity contribution in [3.8, 4) is 0 Å². The van der Waals surface area contributed by atoms with E-state index < -0.39 is 6.09 Å². The first-order valence-electron chi connectivity index (χ1n) is 5.53. The Morgan fingerprint density at radius 2 is 2.29 bits per heavy atom. The molecular weight excluding hydrogens is 220 g/mol. The fourth-order valence-corrected chi connectivity index (χ4v) is 1.77. The van der Waals surface area contributed by atoms with Gasteiger partial charge in [0.1, 0.15) is 6.33 Å². The van der Waals surface area contributed by atoms with E-state index in [2.05, 4.69) is 15.0 Å². The van der Waals surface area contributed by atoms with Crippen LogP contribution in [0.1, 0.15) is 18.5 Å². The van der Waals surface area contributed by atoms with E-state index in [1.165, 1.54) is 11.2 Å². The van der Waals surface area contributed by atoms with Crippen molar-refractivity contribution >= 4 is 12.3 Å². The lowest BCUT2D eigenvalue weighted by Gasteiger charge is -2.27. The van der Waals surface area contributed by atoms with Crippen LogP contribution in [0.4, 0.5) is 4.79 Å². The van der Waals surface area contributed by atoms with Crippen LogP contribution >= 0.6 is 0 Å². The third-order valence-corrected chi connectivity index (χ3v) is 2.76. The smallest absolute Gasteiger partial charge is 0.407 e. The van der Waals surface area contributed by atoms with Crippen molar-refractivity contribution in [2.75, 3.05) is 13.1 Å². The summed E-state index contributed by atoms with van der Waals surface area (Å²) in [6.07, 6.45) is 5.57. The molecule has 1 fully saturated rings. The van der Waals surface area contributed by atoms with Gasteiger partial charge in [0, 0.05) is 25.5 Å². The van der Waals surface area contributed by atoms with Crippen LogP contribution < -0.4 is 0 Å². The van der Waals surface area contributed by atoms with E-state index in [0.717, 1.165) is 18.5 Å². The van der Waals surface area contributed by atoms with E-state index in [1.807, 2.05) is 0 Å². The maximum absolute atomic E-state index is 10.7. The summed E-state index contributed by atoms with van der Waals surface area (Å²) in [5.74, 6) is 0. The summed E-state index contributed by atoms with van der Waals surface area (Å²) >= 11 is 0. The van der Waals surface area contributed by atoms with Gasteiger partial charge in [0.15, 0.2) is 0 Å². The molecule has 1 aliphatic heterocycles. The molecule has 1 N–H and O–H groups in total. The number of nitrogens with zero attached hydrogens (tertiary/aromatic N) is 4. The lowest BCUT2D eigenvalue weighted by atomic mass is 10.1. The predicted molar refractivity (Wildman–Crippen MR) is 62.2 cm³/mol. The van der Waals surface area contributed by atoms with Gasteiger partial charge in [-0.3, -0.25) is 4.99 Å². The van der Waals surface area contributed by atoms with Crippen LogP contribution in [-0.4, -0.2) is 51.4 Å². The highest BCUT2D eigenvalue weighted by Crippen LogP contribution is 2.13. The fraction of sp³-hybridized carbons (Fsp3) is 0.455. The Morgan fingerprint density at radius 3 is 2.88 bits per heavy atom. The van der Waals surface area contributed by atoms with Gasteiger partial charge in [0.05, 0.1) is 11.7 Å². The Kier molecular flexibility index (Phi) is 3.64. The lowest BCUT2D eigenvalue weighted by molar-refractivity contribution is 0.132. The minimum atomic E-state index is -0.844. The van der Waals surface area contributed by atoms with Crippen LogP contribution in [0.25, 0.3) is 0 Å². The highest BCUT2D eigenvalue weighted by Gasteiger charge is 2.21. The molecule has 0 radical (unpaired) electrons. The third kappa shape index (κ3) is 3.24. The molecule has 1 aromatic rings. The van der Waals surface area contributed by atoms with Crippen LogP contribution in [0.5, 0.6) is 0 Å². The van der Waals surface area contributed by atoms with Crippen LogP contribution in [-0.2, 0) is 0 Å². The summed E-state index contributed by atoms with van der Waals surface area (Å²) in [4.78, 5) is 24.4. The minimum absolute atomic E-state index is 0.195. The van der Waals surface area contributed by atoms with E-state index in [1.54, 1.807) is 18.5 Å². The van der Waals surface area contributed by atoms with Crippen LogP contribution in [0.3, 0.4) is 0 Å². The second-order valence-electron chi connectivity index (χ2n) is 3.91. The minimum Gasteiger partial charge on any atom is -0.465 e. The van der Waals surface area contributed by atoms with E-state index in [4.69, 9.17) is 5.11 Å². The summed E-state index contributed by atoms with van der Waals surface area (Å²) in [5, 5.41) is 8.80. The fourth-order valence-electron chi connectivity index (χ4n) is 1.77. The van der Waals surface area contributed by atoms with E-state index >= 15 is 0 Å². The second-order valence-corrected chi connectivity index (χ2v) is 3.91. The number of carbonyl (C=O) groups is 1. The zero-order valence-corrected chi connectivity index (χ0v) is 9.36. The first-order valence-corrected chi connectivity index (χ1v) is 5.53. The molecule has 90 valence electrons. The molecule has 0 aliphatic carbocycles. The third-order valence-electron chi connectivity index (χ3n) is 2.76. The first kappa shape index (κ1) is 11.5. The van der Waals surface area contributed by atoms with Gasteiger partial charge in [0.2, 0.25) is 0 Å². The molecule has 2 heterocycles. The van der Waals surface area contributed by atoms with Crippen molar-refractivity contribution in [2.45, 2.75) is 18.9 Å². The molecule has 17 heavy (non-hydrogen) atoms. The van der Waals surface area contributed by atoms with E-state index in [0.29, 0.717) is 13.1 Å². The van der Waals surface area contributed by atoms with Crippen molar-refractivity contribution in [3.05, 3.63) is 24.3 Å². The van der Waals surface area contributed by atoms with Crippen molar-refractivity contribution in [1.29, 1.82) is 0 Å². The van der Waals surface area contributed by atoms with Crippen LogP contribution in [0, 0.1) is 0 Å². The maximum Gasteiger partial charge on any atom is 0.407 e. The SMILES string of the molecule is O=C(O)N1CCC(/N=C/c2ccncn2)CC1. The highest BCUT2D eigenvalue weighted by molar-refractivity contribution is 5.76. The second kappa shape index (κ2) is 5.38. The molecule has 2 rings (SSSR count). The molecule has 1 saturated heterocycles. The molecule has 6 heteroatoms. The molecule has 0 spiro atoms. The van der Waals surface area contributed by atoms with Gasteiger partial charge in [-0.1, -0.05) is 0 Å². The number of likely N-dealkylation sites (tertiary alicyclic amines) is 1. The number of carboxylic acid groups (broad SMARTS) is 1. The summed E-state index contributed by atoms with van der Waals surface area (Å²) < 4.78 is 0. The van der Waals surface area contributed by atoms with Gasteiger partial charge in [-0.05, 0) is 18.9 Å². The van der Waals surface area contributed by atoms with E-state index in [9.17, 15) is 4.79 Å². The zero-order valence-electron chi connectivity index (χ0n) is 9.36. The summed E-state index contributed by atoms with van der Waals surface area (Å²) in [6.45, 7) is 1.11. The summed E-state index contributed by atoms with van der Waals surface area (Å²) in [6, 6.07) is 1.98. The number of aliphatic imine (C=N–C) groups is 1. The quantitative estimate of drug-likeness (QED) is 0.775. The normalized spacial score (nSPS) is 17.5. The topological polar surface area (TPSA) is 78.7 Å². The monoisotopic (exact) mass is 234 g/mol. The molecule has 1 aliphatic rings. The summed E-state index contributed by atoms with van der Waals surface area (Å²) in [5.41, 5.74) is 0.778. The van der Waals surface area contributed by atoms with E-state index in [-0.39, 0.29) is 6.04 Å². The van der Waals surface area contributed by atoms with Crippen molar-refractivity contribution in [2.24, 2.45) is 4.99 Å². The standard InChI is InChI=1S/C11H14N4O2/c16-11(17)15-5-2-9(3-6-15)13-7-10-1-4-12-8-14-10/h1,4,7-9H,2-3,5-6H2,(H,16,17)/b13-7+. The van der Waals surface area contributed by atoms with Gasteiger partial charge in [-0.15, -0.1) is 0 Å². The Bertz CT molecular complexity index is 399. The number of aromatic nitrogens is 2. The molecule has 0 atom stereocenters. The van der Waals surface area contributed by atoms with Crippen molar-refractivity contribution in [1.82, 2.24) is 14.9 Å². The Hall–Kier alpha value is -1.98. The molecular formula is C11H14N4O2. The Labute approximate surface area is 99.0 Å². The molecule has 1 amide bonds. The molecule has 0 bridgehead atoms. The van der Waals surface area contributed by atoms with Gasteiger partial charge in [-0.2, -0.15) is 0 Å². The number of hydrogen-bond donors (Lipinski definition) is 1. The van der Waals surface area contributed by atoms with Gasteiger partial charge < -0.3 is 10.0 Å². The van der Waals surface area contributed by atoms with Crippen molar-refractivity contribution in [3.63, 3.8) is 0 Å². The predicted octanol–water partition coefficient (Wildman–Crippen LogP) is 1.04. The van der Waals surface area contributed by atoms with Crippen LogP contribution in [0.15, 0.2) is 23.6 Å². The number of hydrogen-bond acceptors (Lipinski definition) is 4. The van der Waals surface area contributed by atoms with Crippen LogP contribution in [0.2, 0.25) is 0 Å². The molecule has 0 aromatic carbocycles. The highest BCUT2D eigenvalue weighted by atomic mass is 16.4. The lowest BCUT2D eigenvalue weighted by Crippen LogP contribution is -2.38. The molecule has 6 nitrogen and oxygen atoms in total. The zero-order chi connectivity index (χ0) is 12.1. The number of piperidine rings is 1. The molecule has 0 unspecified atom stereocenters. The molecule has 0 saturated carbocycles. The van der Waals surface area contributed by atoms with Gasteiger partial charge in [-0.25, -0.2) is 14.8 Å². The average Bonchev–Trinajstić information content (AvgIpc) is 2.38. The number of amides is 1. The molecule has 1 aromatic heterocycles. The maximum atomic E-state index is 10.7. The average molecular weight is 234 g/mol. The number of rotatable bonds is 2. The van der Waals surface area contributed by atoms with Crippen molar-refractivity contribution < 1.29 is 9.90 Å². The first-order chi connectivity index (χ1) is 8.25. The summed E-state index contributed by atoms with van der Waals surface area (Å²) in [7, 11) is 0. The Balaban J connectivity index is 1.86. The Morgan fingerprint density at radius 1 is 1.53 bits per heavy atom.